The van der Waals surface area contributed by atoms with Gasteiger partial charge in [0.2, 0.25) is 0 Å². The van der Waals surface area contributed by atoms with Crippen molar-refractivity contribution in [3.63, 3.8) is 0 Å². The van der Waals surface area contributed by atoms with E-state index in [4.69, 9.17) is 9.47 Å². The largest absolute Gasteiger partial charge is 0.497 e. The minimum Gasteiger partial charge on any atom is -0.497 e. The van der Waals surface area contributed by atoms with Crippen LogP contribution >= 0.6 is 0 Å². The maximum absolute atomic E-state index is 12.2. The van der Waals surface area contributed by atoms with Crippen LogP contribution in [-0.4, -0.2) is 48.8 Å². The van der Waals surface area contributed by atoms with Crippen molar-refractivity contribution in [3.8, 4) is 11.5 Å². The van der Waals surface area contributed by atoms with E-state index >= 15 is 0 Å². The first-order valence-electron chi connectivity index (χ1n) is 7.86. The fourth-order valence-electron chi connectivity index (χ4n) is 2.88. The van der Waals surface area contributed by atoms with Crippen LogP contribution in [0.1, 0.15) is 16.9 Å². The predicted molar refractivity (Wildman–Crippen MR) is 90.8 cm³/mol. The van der Waals surface area contributed by atoms with Crippen molar-refractivity contribution in [2.75, 3.05) is 32.2 Å². The Morgan fingerprint density at radius 3 is 2.54 bits per heavy atom. The van der Waals surface area contributed by atoms with E-state index in [-0.39, 0.29) is 11.9 Å². The van der Waals surface area contributed by atoms with E-state index in [1.807, 2.05) is 25.2 Å². The van der Waals surface area contributed by atoms with E-state index in [0.717, 1.165) is 36.7 Å². The third-order valence-corrected chi connectivity index (χ3v) is 4.16. The topological polar surface area (TPSA) is 68.6 Å². The Kier molecular flexibility index (Phi) is 4.59. The molecule has 128 valence electrons. The van der Waals surface area contributed by atoms with Crippen molar-refractivity contribution in [3.05, 3.63) is 36.4 Å². The van der Waals surface area contributed by atoms with Gasteiger partial charge in [0, 0.05) is 56.3 Å². The molecule has 1 fully saturated rings. The van der Waals surface area contributed by atoms with Gasteiger partial charge >= 0.3 is 0 Å². The van der Waals surface area contributed by atoms with E-state index in [2.05, 4.69) is 15.2 Å². The normalized spacial score (nSPS) is 17.0. The molecule has 24 heavy (non-hydrogen) atoms. The molecule has 7 nitrogen and oxygen atoms in total. The maximum Gasteiger partial charge on any atom is 0.271 e. The summed E-state index contributed by atoms with van der Waals surface area (Å²) in [5.74, 6) is 1.38. The number of ether oxygens (including phenoxy) is 2. The van der Waals surface area contributed by atoms with Crippen molar-refractivity contribution in [1.29, 1.82) is 0 Å². The molecule has 2 heterocycles. The van der Waals surface area contributed by atoms with Gasteiger partial charge in [0.25, 0.3) is 5.91 Å². The first kappa shape index (κ1) is 16.2. The Balaban J connectivity index is 1.66. The predicted octanol–water partition coefficient (Wildman–Crippen LogP) is 1.45. The third-order valence-electron chi connectivity index (χ3n) is 4.16. The summed E-state index contributed by atoms with van der Waals surface area (Å²) in [7, 11) is 5.12. The summed E-state index contributed by atoms with van der Waals surface area (Å²) in [6.45, 7) is 1.61. The maximum atomic E-state index is 12.2. The molecule has 1 aliphatic heterocycles. The number of aromatic nitrogens is 2. The van der Waals surface area contributed by atoms with Crippen LogP contribution in [0.4, 0.5) is 5.69 Å². The highest BCUT2D eigenvalue weighted by atomic mass is 16.5. The van der Waals surface area contributed by atoms with Crippen LogP contribution in [0.25, 0.3) is 0 Å². The van der Waals surface area contributed by atoms with Crippen molar-refractivity contribution in [2.24, 2.45) is 7.05 Å². The molecule has 0 bridgehead atoms. The summed E-state index contributed by atoms with van der Waals surface area (Å²) in [6.07, 6.45) is 4.23. The van der Waals surface area contributed by atoms with Gasteiger partial charge < -0.3 is 24.3 Å². The lowest BCUT2D eigenvalue weighted by atomic mass is 10.2. The van der Waals surface area contributed by atoms with Crippen LogP contribution in [0.5, 0.6) is 11.5 Å². The quantitative estimate of drug-likeness (QED) is 0.898. The number of nitrogens with zero attached hydrogens (tertiary/aromatic N) is 3. The Bertz CT molecular complexity index is 706. The highest BCUT2D eigenvalue weighted by molar-refractivity contribution is 5.92. The SMILES string of the molecule is COc1cc(OC)cc(N2CC[C@H](NC(=O)c3cn(C)cn3)C2)c1. The second kappa shape index (κ2) is 6.82. The lowest BCUT2D eigenvalue weighted by Crippen LogP contribution is -2.37. The fourth-order valence-corrected chi connectivity index (χ4v) is 2.88. The number of hydrogen-bond donors (Lipinski definition) is 1. The molecule has 0 aliphatic carbocycles. The van der Waals surface area contributed by atoms with Crippen molar-refractivity contribution in [1.82, 2.24) is 14.9 Å². The molecule has 1 saturated heterocycles. The fraction of sp³-hybridized carbons (Fsp3) is 0.412. The van der Waals surface area contributed by atoms with Gasteiger partial charge in [0.15, 0.2) is 0 Å². The van der Waals surface area contributed by atoms with Crippen LogP contribution in [-0.2, 0) is 7.05 Å². The summed E-state index contributed by atoms with van der Waals surface area (Å²) < 4.78 is 12.4. The highest BCUT2D eigenvalue weighted by Gasteiger charge is 2.25. The second-order valence-electron chi connectivity index (χ2n) is 5.90. The number of methoxy groups -OCH3 is 2. The van der Waals surface area contributed by atoms with Crippen LogP contribution < -0.4 is 19.7 Å². The molecular formula is C17H22N4O3. The second-order valence-corrected chi connectivity index (χ2v) is 5.90. The Morgan fingerprint density at radius 1 is 1.25 bits per heavy atom. The average Bonchev–Trinajstić information content (AvgIpc) is 3.23. The van der Waals surface area contributed by atoms with Crippen LogP contribution in [0.3, 0.4) is 0 Å². The first-order valence-corrected chi connectivity index (χ1v) is 7.86. The zero-order valence-corrected chi connectivity index (χ0v) is 14.2. The smallest absolute Gasteiger partial charge is 0.271 e. The zero-order valence-electron chi connectivity index (χ0n) is 14.2. The number of anilines is 1. The number of benzene rings is 1. The Labute approximate surface area is 141 Å². The molecule has 0 spiro atoms. The summed E-state index contributed by atoms with van der Waals surface area (Å²) in [6, 6.07) is 5.90. The summed E-state index contributed by atoms with van der Waals surface area (Å²) in [5.41, 5.74) is 1.47. The molecule has 1 aliphatic rings. The van der Waals surface area contributed by atoms with E-state index in [9.17, 15) is 4.79 Å². The van der Waals surface area contributed by atoms with Gasteiger partial charge in [-0.3, -0.25) is 4.79 Å². The first-order chi connectivity index (χ1) is 11.6. The molecule has 1 N–H and O–H groups in total. The molecule has 0 radical (unpaired) electrons. The number of aryl methyl sites for hydroxylation is 1. The number of carbonyl (C=O) groups excluding carboxylic acids is 1. The molecular weight excluding hydrogens is 308 g/mol. The van der Waals surface area contributed by atoms with E-state index < -0.39 is 0 Å². The highest BCUT2D eigenvalue weighted by Crippen LogP contribution is 2.30. The standard InChI is InChI=1S/C17H22N4O3/c1-20-10-16(18-11-20)17(22)19-12-4-5-21(9-12)13-6-14(23-2)8-15(7-13)24-3/h6-8,10-12H,4-5,9H2,1-3H3,(H,19,22)/t12-/m0/s1. The number of nitrogens with one attached hydrogen (secondary N) is 1. The minimum absolute atomic E-state index is 0.0942. The molecule has 1 amide bonds. The molecule has 0 unspecified atom stereocenters. The average molecular weight is 330 g/mol. The van der Waals surface area contributed by atoms with E-state index in [0.29, 0.717) is 5.69 Å². The molecule has 1 atom stereocenters. The number of imidazole rings is 1. The van der Waals surface area contributed by atoms with Crippen LogP contribution in [0, 0.1) is 0 Å². The number of rotatable bonds is 5. The third kappa shape index (κ3) is 3.45. The van der Waals surface area contributed by atoms with Gasteiger partial charge in [-0.25, -0.2) is 4.98 Å². The minimum atomic E-state index is -0.134. The molecule has 7 heteroatoms. The Morgan fingerprint density at radius 2 is 1.96 bits per heavy atom. The molecule has 0 saturated carbocycles. The van der Waals surface area contributed by atoms with E-state index in [1.54, 1.807) is 31.3 Å². The molecule has 1 aromatic heterocycles. The summed E-state index contributed by atoms with van der Waals surface area (Å²) in [4.78, 5) is 18.5. The molecule has 3 rings (SSSR count). The van der Waals surface area contributed by atoms with Crippen molar-refractivity contribution in [2.45, 2.75) is 12.5 Å². The zero-order chi connectivity index (χ0) is 17.1. The van der Waals surface area contributed by atoms with Gasteiger partial charge in [0.05, 0.1) is 20.5 Å². The number of amides is 1. The van der Waals surface area contributed by atoms with Gasteiger partial charge in [-0.05, 0) is 6.42 Å². The van der Waals surface area contributed by atoms with Crippen LogP contribution in [0.15, 0.2) is 30.7 Å². The van der Waals surface area contributed by atoms with Crippen molar-refractivity contribution >= 4 is 11.6 Å². The van der Waals surface area contributed by atoms with Gasteiger partial charge in [-0.2, -0.15) is 0 Å². The number of hydrogen-bond acceptors (Lipinski definition) is 5. The monoisotopic (exact) mass is 330 g/mol. The molecule has 2 aromatic rings. The van der Waals surface area contributed by atoms with E-state index in [1.165, 1.54) is 0 Å². The summed E-state index contributed by atoms with van der Waals surface area (Å²) >= 11 is 0. The van der Waals surface area contributed by atoms with Crippen molar-refractivity contribution < 1.29 is 14.3 Å². The van der Waals surface area contributed by atoms with Gasteiger partial charge in [-0.1, -0.05) is 0 Å². The lowest BCUT2D eigenvalue weighted by Gasteiger charge is -2.20. The Hall–Kier alpha value is -2.70. The van der Waals surface area contributed by atoms with Crippen LogP contribution in [0.2, 0.25) is 0 Å². The summed E-state index contributed by atoms with van der Waals surface area (Å²) in [5, 5.41) is 3.05. The van der Waals surface area contributed by atoms with Gasteiger partial charge in [-0.15, -0.1) is 0 Å². The molecule has 1 aromatic carbocycles. The van der Waals surface area contributed by atoms with Gasteiger partial charge in [0.1, 0.15) is 17.2 Å². The lowest BCUT2D eigenvalue weighted by molar-refractivity contribution is 0.0935. The number of carbonyl (C=O) groups is 1.